The SMILES string of the molecule is CCOc1cc(C)c(-c2nc3ccccc3c(=O)n2N=Cc2cc(Cl)cc(OC)c2OCc2ccccc2)cc1C(C)C. The van der Waals surface area contributed by atoms with Crippen molar-refractivity contribution in [3.05, 3.63) is 116 Å². The molecule has 0 unspecified atom stereocenters. The molecule has 0 aliphatic heterocycles. The van der Waals surface area contributed by atoms with Crippen molar-refractivity contribution >= 4 is 28.7 Å². The van der Waals surface area contributed by atoms with Crippen LogP contribution in [0.4, 0.5) is 0 Å². The van der Waals surface area contributed by atoms with Gasteiger partial charge in [0.05, 0.1) is 30.8 Å². The van der Waals surface area contributed by atoms with Crippen molar-refractivity contribution in [2.45, 2.75) is 40.2 Å². The van der Waals surface area contributed by atoms with Gasteiger partial charge in [0.2, 0.25) is 0 Å². The van der Waals surface area contributed by atoms with Crippen LogP contribution in [0, 0.1) is 6.92 Å². The summed E-state index contributed by atoms with van der Waals surface area (Å²) < 4.78 is 19.1. The predicted octanol–water partition coefficient (Wildman–Crippen LogP) is 8.02. The van der Waals surface area contributed by atoms with E-state index in [2.05, 4.69) is 13.8 Å². The molecule has 5 aromatic rings. The summed E-state index contributed by atoms with van der Waals surface area (Å²) >= 11 is 6.45. The van der Waals surface area contributed by atoms with Crippen LogP contribution < -0.4 is 19.8 Å². The van der Waals surface area contributed by atoms with E-state index in [0.717, 1.165) is 28.0 Å². The Morgan fingerprint density at radius 3 is 2.44 bits per heavy atom. The third kappa shape index (κ3) is 6.42. The Hall–Kier alpha value is -4.62. The van der Waals surface area contributed by atoms with Crippen LogP contribution in [-0.2, 0) is 6.61 Å². The zero-order valence-corrected chi connectivity index (χ0v) is 25.7. The van der Waals surface area contributed by atoms with Crippen LogP contribution in [0.2, 0.25) is 5.02 Å². The van der Waals surface area contributed by atoms with Gasteiger partial charge in [-0.1, -0.05) is 67.9 Å². The number of para-hydroxylation sites is 1. The molecule has 1 heterocycles. The molecule has 0 amide bonds. The number of rotatable bonds is 10. The molecule has 8 heteroatoms. The van der Waals surface area contributed by atoms with Gasteiger partial charge in [0.1, 0.15) is 12.4 Å². The van der Waals surface area contributed by atoms with E-state index in [4.69, 9.17) is 35.9 Å². The van der Waals surface area contributed by atoms with Crippen molar-refractivity contribution in [2.24, 2.45) is 5.10 Å². The molecule has 4 aromatic carbocycles. The van der Waals surface area contributed by atoms with Crippen LogP contribution in [0.3, 0.4) is 0 Å². The standard InChI is InChI=1S/C35H34ClN3O4/c1-6-42-31-16-23(4)29(19-28(31)22(2)3)34-38-30-15-11-10-14-27(30)35(40)39(34)37-20-25-17-26(36)18-32(41-5)33(25)43-21-24-12-8-7-9-13-24/h7-20,22H,6,21H2,1-5H3. The van der Waals surface area contributed by atoms with Crippen molar-refractivity contribution in [1.29, 1.82) is 0 Å². The minimum absolute atomic E-state index is 0.188. The predicted molar refractivity (Wildman–Crippen MR) is 173 cm³/mol. The fourth-order valence-corrected chi connectivity index (χ4v) is 5.13. The second-order valence-electron chi connectivity index (χ2n) is 10.4. The number of halogens is 1. The lowest BCUT2D eigenvalue weighted by Crippen LogP contribution is -2.21. The molecule has 0 fully saturated rings. The monoisotopic (exact) mass is 595 g/mol. The highest BCUT2D eigenvalue weighted by molar-refractivity contribution is 6.31. The molecule has 0 bridgehead atoms. The number of fused-ring (bicyclic) bond motifs is 1. The summed E-state index contributed by atoms with van der Waals surface area (Å²) in [4.78, 5) is 18.9. The van der Waals surface area contributed by atoms with E-state index >= 15 is 0 Å². The summed E-state index contributed by atoms with van der Waals surface area (Å²) in [6.07, 6.45) is 1.56. The van der Waals surface area contributed by atoms with Gasteiger partial charge in [-0.15, -0.1) is 0 Å². The number of benzene rings is 4. The van der Waals surface area contributed by atoms with Gasteiger partial charge < -0.3 is 14.2 Å². The molecule has 0 atom stereocenters. The van der Waals surface area contributed by atoms with E-state index < -0.39 is 0 Å². The largest absolute Gasteiger partial charge is 0.494 e. The van der Waals surface area contributed by atoms with Crippen LogP contribution >= 0.6 is 11.6 Å². The van der Waals surface area contributed by atoms with Crippen LogP contribution in [0.5, 0.6) is 17.2 Å². The Morgan fingerprint density at radius 1 is 0.977 bits per heavy atom. The van der Waals surface area contributed by atoms with Gasteiger partial charge in [0.25, 0.3) is 5.56 Å². The highest BCUT2D eigenvalue weighted by Gasteiger charge is 2.19. The first-order valence-electron chi connectivity index (χ1n) is 14.2. The smallest absolute Gasteiger partial charge is 0.282 e. The van der Waals surface area contributed by atoms with E-state index in [1.54, 1.807) is 31.5 Å². The summed E-state index contributed by atoms with van der Waals surface area (Å²) in [5, 5.41) is 5.60. The van der Waals surface area contributed by atoms with E-state index in [-0.39, 0.29) is 11.5 Å². The number of aromatic nitrogens is 2. The Morgan fingerprint density at radius 2 is 1.72 bits per heavy atom. The Labute approximate surface area is 256 Å². The molecule has 0 N–H and O–H groups in total. The van der Waals surface area contributed by atoms with Crippen LogP contribution in [0.15, 0.2) is 88.8 Å². The molecule has 5 rings (SSSR count). The number of aryl methyl sites for hydroxylation is 1. The summed E-state index contributed by atoms with van der Waals surface area (Å²) in [6, 6.07) is 24.5. The number of nitrogens with zero attached hydrogens (tertiary/aromatic N) is 3. The Balaban J connectivity index is 1.68. The second-order valence-corrected chi connectivity index (χ2v) is 10.8. The second kappa shape index (κ2) is 13.1. The van der Waals surface area contributed by atoms with E-state index in [0.29, 0.717) is 52.0 Å². The van der Waals surface area contributed by atoms with Crippen molar-refractivity contribution in [3.63, 3.8) is 0 Å². The van der Waals surface area contributed by atoms with Gasteiger partial charge in [-0.3, -0.25) is 4.79 Å². The topological polar surface area (TPSA) is 74.9 Å². The number of hydrogen-bond donors (Lipinski definition) is 0. The summed E-state index contributed by atoms with van der Waals surface area (Å²) in [5.74, 6) is 2.35. The minimum Gasteiger partial charge on any atom is -0.494 e. The van der Waals surface area contributed by atoms with Gasteiger partial charge in [0.15, 0.2) is 17.3 Å². The normalized spacial score (nSPS) is 11.4. The molecule has 0 saturated heterocycles. The van der Waals surface area contributed by atoms with Crippen molar-refractivity contribution in [3.8, 4) is 28.6 Å². The highest BCUT2D eigenvalue weighted by Crippen LogP contribution is 2.36. The fourth-order valence-electron chi connectivity index (χ4n) is 4.92. The third-order valence-corrected chi connectivity index (χ3v) is 7.30. The maximum absolute atomic E-state index is 13.9. The lowest BCUT2D eigenvalue weighted by molar-refractivity contribution is 0.284. The molecule has 7 nitrogen and oxygen atoms in total. The zero-order valence-electron chi connectivity index (χ0n) is 24.9. The molecular weight excluding hydrogens is 562 g/mol. The molecule has 220 valence electrons. The van der Waals surface area contributed by atoms with Crippen LogP contribution in [0.25, 0.3) is 22.3 Å². The first kappa shape index (κ1) is 29.9. The molecule has 43 heavy (non-hydrogen) atoms. The highest BCUT2D eigenvalue weighted by atomic mass is 35.5. The van der Waals surface area contributed by atoms with Gasteiger partial charge in [-0.05, 0) is 66.8 Å². The van der Waals surface area contributed by atoms with Crippen molar-refractivity contribution in [1.82, 2.24) is 9.66 Å². The Bertz CT molecular complexity index is 1850. The van der Waals surface area contributed by atoms with Gasteiger partial charge in [-0.2, -0.15) is 9.78 Å². The number of methoxy groups -OCH3 is 1. The van der Waals surface area contributed by atoms with E-state index in [9.17, 15) is 4.79 Å². The van der Waals surface area contributed by atoms with Crippen LogP contribution in [-0.4, -0.2) is 29.6 Å². The molecule has 0 radical (unpaired) electrons. The summed E-state index contributed by atoms with van der Waals surface area (Å²) in [5.41, 5.74) is 4.56. The summed E-state index contributed by atoms with van der Waals surface area (Å²) in [6.45, 7) is 9.03. The summed E-state index contributed by atoms with van der Waals surface area (Å²) in [7, 11) is 1.55. The molecule has 0 spiro atoms. The number of hydrogen-bond acceptors (Lipinski definition) is 6. The molecule has 0 aliphatic carbocycles. The first-order valence-corrected chi connectivity index (χ1v) is 14.6. The maximum atomic E-state index is 13.9. The molecule has 1 aromatic heterocycles. The van der Waals surface area contributed by atoms with Crippen molar-refractivity contribution < 1.29 is 14.2 Å². The fraction of sp³-hybridized carbons (Fsp3) is 0.229. The molecular formula is C35H34ClN3O4. The third-order valence-electron chi connectivity index (χ3n) is 7.08. The Kier molecular flexibility index (Phi) is 9.12. The quantitative estimate of drug-likeness (QED) is 0.153. The van der Waals surface area contributed by atoms with Gasteiger partial charge in [-0.25, -0.2) is 4.98 Å². The van der Waals surface area contributed by atoms with Gasteiger partial charge in [0, 0.05) is 22.2 Å². The minimum atomic E-state index is -0.294. The lowest BCUT2D eigenvalue weighted by Gasteiger charge is -2.18. The van der Waals surface area contributed by atoms with Gasteiger partial charge >= 0.3 is 0 Å². The van der Waals surface area contributed by atoms with Crippen LogP contribution in [0.1, 0.15) is 48.9 Å². The average Bonchev–Trinajstić information content (AvgIpc) is 3.00. The maximum Gasteiger partial charge on any atom is 0.282 e. The zero-order chi connectivity index (χ0) is 30.5. The first-order chi connectivity index (χ1) is 20.8. The van der Waals surface area contributed by atoms with E-state index in [1.807, 2.05) is 74.5 Å². The molecule has 0 saturated carbocycles. The number of ether oxygens (including phenoxy) is 3. The average molecular weight is 596 g/mol. The molecule has 0 aliphatic rings. The van der Waals surface area contributed by atoms with Crippen molar-refractivity contribution in [2.75, 3.05) is 13.7 Å². The lowest BCUT2D eigenvalue weighted by atomic mass is 9.96. The van der Waals surface area contributed by atoms with E-state index in [1.165, 1.54) is 4.68 Å².